The first-order valence-electron chi connectivity index (χ1n) is 6.59. The van der Waals surface area contributed by atoms with Gasteiger partial charge >= 0.3 is 0 Å². The van der Waals surface area contributed by atoms with Crippen molar-refractivity contribution in [1.29, 1.82) is 0 Å². The van der Waals surface area contributed by atoms with Gasteiger partial charge in [-0.25, -0.2) is 4.98 Å². The fraction of sp³-hybridized carbons (Fsp3) is 0.692. The Morgan fingerprint density at radius 3 is 2.82 bits per heavy atom. The molecule has 0 radical (unpaired) electrons. The highest BCUT2D eigenvalue weighted by molar-refractivity contribution is 5.36. The van der Waals surface area contributed by atoms with Crippen LogP contribution in [0.4, 0.5) is 5.82 Å². The molecule has 4 nitrogen and oxygen atoms in total. The number of hydrogen-bond donors (Lipinski definition) is 1. The highest BCUT2D eigenvalue weighted by Gasteiger charge is 2.36. The van der Waals surface area contributed by atoms with Gasteiger partial charge in [-0.15, -0.1) is 0 Å². The van der Waals surface area contributed by atoms with Crippen LogP contribution in [0, 0.1) is 0 Å². The number of anilines is 1. The molecule has 92 valence electrons. The zero-order valence-electron chi connectivity index (χ0n) is 10.3. The maximum Gasteiger partial charge on any atom is 0.293 e. The minimum Gasteiger partial charge on any atom is -0.360 e. The molecule has 17 heavy (non-hydrogen) atoms. The van der Waals surface area contributed by atoms with Crippen LogP contribution in [-0.2, 0) is 0 Å². The summed E-state index contributed by atoms with van der Waals surface area (Å²) in [6.45, 7) is 2.18. The van der Waals surface area contributed by atoms with Gasteiger partial charge in [-0.3, -0.25) is 4.79 Å². The molecule has 0 aromatic carbocycles. The van der Waals surface area contributed by atoms with Gasteiger partial charge in [-0.1, -0.05) is 6.92 Å². The number of aromatic nitrogens is 2. The van der Waals surface area contributed by atoms with Crippen LogP contribution in [0.1, 0.15) is 51.5 Å². The molecule has 1 aromatic rings. The van der Waals surface area contributed by atoms with Crippen molar-refractivity contribution in [2.24, 2.45) is 0 Å². The largest absolute Gasteiger partial charge is 0.360 e. The Kier molecular flexibility index (Phi) is 2.45. The molecule has 2 aliphatic rings. The number of nitrogens with zero attached hydrogens (tertiary/aromatic N) is 2. The summed E-state index contributed by atoms with van der Waals surface area (Å²) in [5.41, 5.74) is 0.184. The van der Waals surface area contributed by atoms with Gasteiger partial charge < -0.3 is 9.88 Å². The Balaban J connectivity index is 1.87. The van der Waals surface area contributed by atoms with E-state index >= 15 is 0 Å². The van der Waals surface area contributed by atoms with Crippen LogP contribution < -0.4 is 10.9 Å². The van der Waals surface area contributed by atoms with Gasteiger partial charge in [-0.2, -0.15) is 0 Å². The number of nitrogens with one attached hydrogen (secondary N) is 1. The molecule has 1 aromatic heterocycles. The van der Waals surface area contributed by atoms with Crippen LogP contribution in [0.25, 0.3) is 0 Å². The van der Waals surface area contributed by atoms with Gasteiger partial charge in [0.2, 0.25) is 0 Å². The maximum atomic E-state index is 12.2. The second kappa shape index (κ2) is 3.86. The van der Waals surface area contributed by atoms with E-state index in [1.807, 2.05) is 10.8 Å². The smallest absolute Gasteiger partial charge is 0.293 e. The molecule has 2 aliphatic carbocycles. The van der Waals surface area contributed by atoms with Crippen LogP contribution in [-0.4, -0.2) is 15.1 Å². The molecule has 0 saturated heterocycles. The van der Waals surface area contributed by atoms with E-state index in [0.717, 1.165) is 32.1 Å². The van der Waals surface area contributed by atoms with E-state index in [1.54, 1.807) is 6.20 Å². The molecule has 0 spiro atoms. The summed E-state index contributed by atoms with van der Waals surface area (Å²) in [6, 6.07) is 0.421. The third kappa shape index (κ3) is 1.85. The van der Waals surface area contributed by atoms with Crippen LogP contribution in [0.15, 0.2) is 17.2 Å². The lowest BCUT2D eigenvalue weighted by Crippen LogP contribution is -2.46. The second-order valence-electron chi connectivity index (χ2n) is 5.33. The third-order valence-corrected chi connectivity index (χ3v) is 4.18. The van der Waals surface area contributed by atoms with Crippen molar-refractivity contribution in [3.8, 4) is 0 Å². The van der Waals surface area contributed by atoms with Crippen molar-refractivity contribution in [3.05, 3.63) is 22.7 Å². The first-order chi connectivity index (χ1) is 8.24. The Morgan fingerprint density at radius 1 is 1.53 bits per heavy atom. The van der Waals surface area contributed by atoms with Crippen LogP contribution >= 0.6 is 0 Å². The van der Waals surface area contributed by atoms with Gasteiger partial charge in [0.1, 0.15) is 0 Å². The summed E-state index contributed by atoms with van der Waals surface area (Å²) in [5.74, 6) is 0.543. The predicted molar refractivity (Wildman–Crippen MR) is 67.3 cm³/mol. The molecule has 4 heteroatoms. The minimum absolute atomic E-state index is 0.0507. The summed E-state index contributed by atoms with van der Waals surface area (Å²) in [5, 5.41) is 3.39. The zero-order valence-corrected chi connectivity index (χ0v) is 10.3. The SMILES string of the molecule is CCC1(Nc2nccn(C3CC3)c2=O)CCC1. The third-order valence-electron chi connectivity index (χ3n) is 4.18. The highest BCUT2D eigenvalue weighted by Crippen LogP contribution is 2.37. The van der Waals surface area contributed by atoms with E-state index in [-0.39, 0.29) is 11.1 Å². The molecule has 1 heterocycles. The average Bonchev–Trinajstić information content (AvgIpc) is 3.09. The standard InChI is InChI=1S/C13H19N3O/c1-2-13(6-3-7-13)15-11-12(17)16(9-8-14-11)10-4-5-10/h8-10H,2-7H2,1H3,(H,14,15). The average molecular weight is 233 g/mol. The highest BCUT2D eigenvalue weighted by atomic mass is 16.1. The number of hydrogen-bond acceptors (Lipinski definition) is 3. The number of rotatable bonds is 4. The molecule has 3 rings (SSSR count). The molecule has 0 unspecified atom stereocenters. The molecule has 0 atom stereocenters. The molecular formula is C13H19N3O. The quantitative estimate of drug-likeness (QED) is 0.868. The van der Waals surface area contributed by atoms with Gasteiger partial charge in [0.05, 0.1) is 0 Å². The van der Waals surface area contributed by atoms with Crippen molar-refractivity contribution in [2.45, 2.75) is 57.0 Å². The van der Waals surface area contributed by atoms with E-state index in [4.69, 9.17) is 0 Å². The lowest BCUT2D eigenvalue weighted by Gasteiger charge is -2.42. The zero-order chi connectivity index (χ0) is 11.9. The van der Waals surface area contributed by atoms with Crippen LogP contribution in [0.3, 0.4) is 0 Å². The van der Waals surface area contributed by atoms with Crippen LogP contribution in [0.5, 0.6) is 0 Å². The fourth-order valence-corrected chi connectivity index (χ4v) is 2.57. The topological polar surface area (TPSA) is 46.9 Å². The van der Waals surface area contributed by atoms with E-state index in [0.29, 0.717) is 11.9 Å². The molecular weight excluding hydrogens is 214 g/mol. The summed E-state index contributed by atoms with van der Waals surface area (Å²) < 4.78 is 1.83. The molecule has 2 saturated carbocycles. The Bertz CT molecular complexity index is 466. The Morgan fingerprint density at radius 2 is 2.29 bits per heavy atom. The van der Waals surface area contributed by atoms with Gasteiger partial charge in [-0.05, 0) is 38.5 Å². The molecule has 0 aliphatic heterocycles. The molecule has 0 amide bonds. The Labute approximate surface area is 101 Å². The van der Waals surface area contributed by atoms with Gasteiger partial charge in [0, 0.05) is 24.0 Å². The van der Waals surface area contributed by atoms with Crippen molar-refractivity contribution in [1.82, 2.24) is 9.55 Å². The monoisotopic (exact) mass is 233 g/mol. The first kappa shape index (κ1) is 10.8. The minimum atomic E-state index is 0.0507. The maximum absolute atomic E-state index is 12.2. The summed E-state index contributed by atoms with van der Waals surface area (Å²) in [4.78, 5) is 16.4. The fourth-order valence-electron chi connectivity index (χ4n) is 2.57. The summed E-state index contributed by atoms with van der Waals surface area (Å²) >= 11 is 0. The van der Waals surface area contributed by atoms with E-state index in [2.05, 4.69) is 17.2 Å². The van der Waals surface area contributed by atoms with Gasteiger partial charge in [0.15, 0.2) is 5.82 Å². The molecule has 2 fully saturated rings. The Hall–Kier alpha value is -1.32. The normalized spacial score (nSPS) is 21.9. The van der Waals surface area contributed by atoms with E-state index < -0.39 is 0 Å². The second-order valence-corrected chi connectivity index (χ2v) is 5.33. The van der Waals surface area contributed by atoms with Crippen LogP contribution in [0.2, 0.25) is 0 Å². The lowest BCUT2D eigenvalue weighted by atomic mass is 9.75. The lowest BCUT2D eigenvalue weighted by molar-refractivity contribution is 0.268. The van der Waals surface area contributed by atoms with Crippen molar-refractivity contribution in [2.75, 3.05) is 5.32 Å². The predicted octanol–water partition coefficient (Wildman–Crippen LogP) is 2.32. The summed E-state index contributed by atoms with van der Waals surface area (Å²) in [7, 11) is 0. The summed E-state index contributed by atoms with van der Waals surface area (Å²) in [6.07, 6.45) is 10.4. The van der Waals surface area contributed by atoms with Crippen molar-refractivity contribution < 1.29 is 0 Å². The molecule has 1 N–H and O–H groups in total. The van der Waals surface area contributed by atoms with E-state index in [1.165, 1.54) is 6.42 Å². The molecule has 0 bridgehead atoms. The van der Waals surface area contributed by atoms with Gasteiger partial charge in [0.25, 0.3) is 5.56 Å². The first-order valence-corrected chi connectivity index (χ1v) is 6.59. The van der Waals surface area contributed by atoms with E-state index in [9.17, 15) is 4.79 Å². The van der Waals surface area contributed by atoms with Crippen molar-refractivity contribution in [3.63, 3.8) is 0 Å². The van der Waals surface area contributed by atoms with Crippen molar-refractivity contribution >= 4 is 5.82 Å².